The van der Waals surface area contributed by atoms with Gasteiger partial charge < -0.3 is 10.1 Å². The molecule has 0 spiro atoms. The fourth-order valence-corrected chi connectivity index (χ4v) is 3.09. The standard InChI is InChI=1S/C18H29NO/c1-13-6-5-7-17(10-13)20-12-18(19-4)16-9-8-14(2)15(3)11-16/h8-9,11,13,17-19H,5-7,10,12H2,1-4H3. The van der Waals surface area contributed by atoms with Crippen LogP contribution >= 0.6 is 0 Å². The Morgan fingerprint density at radius 2 is 2.05 bits per heavy atom. The highest BCUT2D eigenvalue weighted by Gasteiger charge is 2.20. The van der Waals surface area contributed by atoms with Gasteiger partial charge in [-0.1, -0.05) is 38.0 Å². The van der Waals surface area contributed by atoms with E-state index in [4.69, 9.17) is 4.74 Å². The van der Waals surface area contributed by atoms with Gasteiger partial charge in [0.05, 0.1) is 18.8 Å². The summed E-state index contributed by atoms with van der Waals surface area (Å²) in [6, 6.07) is 7.00. The average molecular weight is 275 g/mol. The normalized spacial score (nSPS) is 24.6. The van der Waals surface area contributed by atoms with Crippen molar-refractivity contribution in [3.05, 3.63) is 34.9 Å². The lowest BCUT2D eigenvalue weighted by Crippen LogP contribution is -2.28. The molecule has 0 saturated heterocycles. The molecule has 0 aromatic heterocycles. The van der Waals surface area contributed by atoms with E-state index in [1.165, 1.54) is 42.4 Å². The predicted octanol–water partition coefficient (Wildman–Crippen LogP) is 4.16. The molecule has 2 nitrogen and oxygen atoms in total. The van der Waals surface area contributed by atoms with Crippen LogP contribution in [0.5, 0.6) is 0 Å². The largest absolute Gasteiger partial charge is 0.376 e. The first-order valence-corrected chi connectivity index (χ1v) is 7.96. The van der Waals surface area contributed by atoms with Crippen LogP contribution in [0.15, 0.2) is 18.2 Å². The van der Waals surface area contributed by atoms with Crippen LogP contribution in [0.1, 0.15) is 55.3 Å². The molecule has 1 N–H and O–H groups in total. The molecule has 1 aromatic carbocycles. The van der Waals surface area contributed by atoms with Crippen molar-refractivity contribution < 1.29 is 4.74 Å². The fourth-order valence-electron chi connectivity index (χ4n) is 3.09. The predicted molar refractivity (Wildman–Crippen MR) is 85.1 cm³/mol. The van der Waals surface area contributed by atoms with Gasteiger partial charge in [-0.3, -0.25) is 0 Å². The van der Waals surface area contributed by atoms with Gasteiger partial charge in [-0.15, -0.1) is 0 Å². The van der Waals surface area contributed by atoms with E-state index >= 15 is 0 Å². The van der Waals surface area contributed by atoms with Crippen LogP contribution in [-0.2, 0) is 4.74 Å². The molecule has 1 aromatic rings. The molecule has 2 rings (SSSR count). The Balaban J connectivity index is 1.93. The molecule has 3 atom stereocenters. The highest BCUT2D eigenvalue weighted by atomic mass is 16.5. The molecular weight excluding hydrogens is 246 g/mol. The van der Waals surface area contributed by atoms with E-state index in [1.807, 2.05) is 7.05 Å². The number of benzene rings is 1. The highest BCUT2D eigenvalue weighted by Crippen LogP contribution is 2.27. The Morgan fingerprint density at radius 1 is 1.25 bits per heavy atom. The quantitative estimate of drug-likeness (QED) is 0.871. The molecular formula is C18H29NO. The van der Waals surface area contributed by atoms with Crippen molar-refractivity contribution in [2.45, 2.75) is 58.6 Å². The van der Waals surface area contributed by atoms with E-state index in [-0.39, 0.29) is 0 Å². The van der Waals surface area contributed by atoms with E-state index in [0.29, 0.717) is 12.1 Å². The minimum absolute atomic E-state index is 0.298. The highest BCUT2D eigenvalue weighted by molar-refractivity contribution is 5.31. The molecule has 0 bridgehead atoms. The number of ether oxygens (including phenoxy) is 1. The van der Waals surface area contributed by atoms with Crippen molar-refractivity contribution in [3.8, 4) is 0 Å². The summed E-state index contributed by atoms with van der Waals surface area (Å²) in [6.07, 6.45) is 5.60. The number of rotatable bonds is 5. The maximum Gasteiger partial charge on any atom is 0.0665 e. The zero-order valence-electron chi connectivity index (χ0n) is 13.4. The number of aryl methyl sites for hydroxylation is 2. The first kappa shape index (κ1) is 15.5. The molecule has 0 aliphatic heterocycles. The molecule has 3 unspecified atom stereocenters. The van der Waals surface area contributed by atoms with Crippen LogP contribution in [0.3, 0.4) is 0 Å². The van der Waals surface area contributed by atoms with Crippen molar-refractivity contribution in [1.82, 2.24) is 5.32 Å². The van der Waals surface area contributed by atoms with Gasteiger partial charge in [-0.2, -0.15) is 0 Å². The molecule has 2 heteroatoms. The van der Waals surface area contributed by atoms with E-state index < -0.39 is 0 Å². The van der Waals surface area contributed by atoms with Gasteiger partial charge in [0.1, 0.15) is 0 Å². The summed E-state index contributed by atoms with van der Waals surface area (Å²) in [6.45, 7) is 7.45. The minimum Gasteiger partial charge on any atom is -0.376 e. The van der Waals surface area contributed by atoms with E-state index in [1.54, 1.807) is 0 Å². The van der Waals surface area contributed by atoms with Crippen molar-refractivity contribution in [2.24, 2.45) is 5.92 Å². The van der Waals surface area contributed by atoms with Crippen LogP contribution in [0.25, 0.3) is 0 Å². The molecule has 1 aliphatic carbocycles. The first-order valence-electron chi connectivity index (χ1n) is 7.96. The van der Waals surface area contributed by atoms with Crippen LogP contribution < -0.4 is 5.32 Å². The second-order valence-corrected chi connectivity index (χ2v) is 6.41. The second-order valence-electron chi connectivity index (χ2n) is 6.41. The summed E-state index contributed by atoms with van der Waals surface area (Å²) in [5.74, 6) is 0.823. The molecule has 1 saturated carbocycles. The van der Waals surface area contributed by atoms with E-state index in [0.717, 1.165) is 12.5 Å². The van der Waals surface area contributed by atoms with E-state index in [9.17, 15) is 0 Å². The van der Waals surface area contributed by atoms with Gasteiger partial charge >= 0.3 is 0 Å². The van der Waals surface area contributed by atoms with Gasteiger partial charge in [0, 0.05) is 0 Å². The summed E-state index contributed by atoms with van der Waals surface area (Å²) in [5, 5.41) is 3.39. The molecule has 0 amide bonds. The second kappa shape index (κ2) is 7.24. The molecule has 0 radical (unpaired) electrons. The molecule has 0 heterocycles. The maximum absolute atomic E-state index is 6.17. The zero-order valence-corrected chi connectivity index (χ0v) is 13.4. The van der Waals surface area contributed by atoms with Crippen LogP contribution in [0, 0.1) is 19.8 Å². The van der Waals surface area contributed by atoms with Crippen LogP contribution in [0.2, 0.25) is 0 Å². The number of hydrogen-bond donors (Lipinski definition) is 1. The monoisotopic (exact) mass is 275 g/mol. The first-order chi connectivity index (χ1) is 9.60. The number of hydrogen-bond acceptors (Lipinski definition) is 2. The third-order valence-electron chi connectivity index (χ3n) is 4.67. The molecule has 20 heavy (non-hydrogen) atoms. The Kier molecular flexibility index (Phi) is 5.62. The van der Waals surface area contributed by atoms with Crippen molar-refractivity contribution in [1.29, 1.82) is 0 Å². The number of likely N-dealkylation sites (N-methyl/N-ethyl adjacent to an activating group) is 1. The van der Waals surface area contributed by atoms with E-state index in [2.05, 4.69) is 44.3 Å². The Morgan fingerprint density at radius 3 is 2.70 bits per heavy atom. The molecule has 1 fully saturated rings. The number of nitrogens with one attached hydrogen (secondary N) is 1. The third kappa shape index (κ3) is 4.07. The van der Waals surface area contributed by atoms with Gasteiger partial charge in [-0.05, 0) is 56.3 Å². The lowest BCUT2D eigenvalue weighted by molar-refractivity contribution is 0.00487. The van der Waals surface area contributed by atoms with Gasteiger partial charge in [-0.25, -0.2) is 0 Å². The SMILES string of the molecule is CNC(COC1CCCC(C)C1)c1ccc(C)c(C)c1. The van der Waals surface area contributed by atoms with Gasteiger partial charge in [0.25, 0.3) is 0 Å². The summed E-state index contributed by atoms with van der Waals surface area (Å²) in [5.41, 5.74) is 4.04. The molecule has 1 aliphatic rings. The maximum atomic E-state index is 6.17. The van der Waals surface area contributed by atoms with Gasteiger partial charge in [0.2, 0.25) is 0 Å². The molecule has 112 valence electrons. The Labute approximate surface area is 123 Å². The lowest BCUT2D eigenvalue weighted by atomic mass is 9.88. The van der Waals surface area contributed by atoms with Crippen molar-refractivity contribution >= 4 is 0 Å². The fraction of sp³-hybridized carbons (Fsp3) is 0.667. The average Bonchev–Trinajstić information content (AvgIpc) is 2.43. The van der Waals surface area contributed by atoms with Crippen molar-refractivity contribution in [3.63, 3.8) is 0 Å². The summed E-state index contributed by atoms with van der Waals surface area (Å²) >= 11 is 0. The smallest absolute Gasteiger partial charge is 0.0665 e. The van der Waals surface area contributed by atoms with Crippen molar-refractivity contribution in [2.75, 3.05) is 13.7 Å². The minimum atomic E-state index is 0.298. The topological polar surface area (TPSA) is 21.3 Å². The van der Waals surface area contributed by atoms with Crippen LogP contribution in [0.4, 0.5) is 0 Å². The summed E-state index contributed by atoms with van der Waals surface area (Å²) in [4.78, 5) is 0. The van der Waals surface area contributed by atoms with Gasteiger partial charge in [0.15, 0.2) is 0 Å². The van der Waals surface area contributed by atoms with Crippen LogP contribution in [-0.4, -0.2) is 19.8 Å². The third-order valence-corrected chi connectivity index (χ3v) is 4.67. The summed E-state index contributed by atoms with van der Waals surface area (Å²) in [7, 11) is 2.02. The lowest BCUT2D eigenvalue weighted by Gasteiger charge is -2.28. The zero-order chi connectivity index (χ0) is 14.5. The Bertz CT molecular complexity index is 429. The summed E-state index contributed by atoms with van der Waals surface area (Å²) < 4.78 is 6.17. The Hall–Kier alpha value is -0.860.